The molecule has 0 N–H and O–H groups in total. The third-order valence-electron chi connectivity index (χ3n) is 6.12. The highest BCUT2D eigenvalue weighted by atomic mass is 16.2. The van der Waals surface area contributed by atoms with Crippen molar-refractivity contribution < 1.29 is 9.59 Å². The summed E-state index contributed by atoms with van der Waals surface area (Å²) >= 11 is 0. The van der Waals surface area contributed by atoms with Gasteiger partial charge in [0.15, 0.2) is 12.2 Å². The van der Waals surface area contributed by atoms with Crippen LogP contribution in [0.4, 0.5) is 10.5 Å². The number of imide groups is 1. The summed E-state index contributed by atoms with van der Waals surface area (Å²) in [6.07, 6.45) is 3.30. The first-order valence-corrected chi connectivity index (χ1v) is 10.5. The van der Waals surface area contributed by atoms with E-state index in [0.29, 0.717) is 6.54 Å². The number of nitrogens with zero attached hydrogens (tertiary/aromatic N) is 5. The van der Waals surface area contributed by atoms with Crippen LogP contribution in [-0.4, -0.2) is 71.5 Å². The molecule has 7 nitrogen and oxygen atoms in total. The summed E-state index contributed by atoms with van der Waals surface area (Å²) in [6, 6.07) is 17.3. The smallest absolute Gasteiger partial charge is 0.325 e. The van der Waals surface area contributed by atoms with Crippen molar-refractivity contribution in [2.75, 3.05) is 31.6 Å². The maximum atomic E-state index is 13.3. The van der Waals surface area contributed by atoms with Crippen molar-refractivity contribution in [1.29, 1.82) is 0 Å². The molecule has 7 heteroatoms. The third kappa shape index (κ3) is 3.26. The Morgan fingerprint density at radius 3 is 2.52 bits per heavy atom. The summed E-state index contributed by atoms with van der Waals surface area (Å²) in [4.78, 5) is 38.2. The van der Waals surface area contributed by atoms with E-state index in [-0.39, 0.29) is 18.5 Å². The monoisotopic (exact) mass is 415 g/mol. The second-order valence-corrected chi connectivity index (χ2v) is 8.12. The standard InChI is InChI=1S/C24H25N5O2/c1-17-10-12-19(13-11-17)27-15-16-28-20-21(25-23(27)28)26(2)24(31)29(22(20)30)14-6-9-18-7-4-3-5-8-18/h3-13,20-21H,14-16H2,1-2H3/b9-6+. The summed E-state index contributed by atoms with van der Waals surface area (Å²) in [6.45, 7) is 3.77. The molecule has 0 aliphatic carbocycles. The summed E-state index contributed by atoms with van der Waals surface area (Å²) in [5.74, 6) is 0.587. The molecule has 2 aromatic carbocycles. The molecule has 0 bridgehead atoms. The molecule has 5 rings (SSSR count). The second kappa shape index (κ2) is 7.58. The number of fused-ring (bicyclic) bond motifs is 3. The maximum absolute atomic E-state index is 13.3. The number of aryl methyl sites for hydroxylation is 1. The van der Waals surface area contributed by atoms with E-state index >= 15 is 0 Å². The largest absolute Gasteiger partial charge is 0.328 e. The van der Waals surface area contributed by atoms with Crippen molar-refractivity contribution >= 4 is 29.7 Å². The Hall–Kier alpha value is -3.61. The first-order chi connectivity index (χ1) is 15.0. The predicted molar refractivity (Wildman–Crippen MR) is 121 cm³/mol. The average Bonchev–Trinajstić information content (AvgIpc) is 3.35. The molecular formula is C24H25N5O2. The van der Waals surface area contributed by atoms with E-state index in [0.717, 1.165) is 23.8 Å². The van der Waals surface area contributed by atoms with Gasteiger partial charge in [0.2, 0.25) is 5.96 Å². The maximum Gasteiger partial charge on any atom is 0.328 e. The van der Waals surface area contributed by atoms with E-state index in [1.165, 1.54) is 10.5 Å². The lowest BCUT2D eigenvalue weighted by Crippen LogP contribution is -2.64. The summed E-state index contributed by atoms with van der Waals surface area (Å²) in [7, 11) is 1.72. The van der Waals surface area contributed by atoms with Gasteiger partial charge in [0.1, 0.15) is 0 Å². The topological polar surface area (TPSA) is 59.5 Å². The molecule has 0 saturated carbocycles. The Morgan fingerprint density at radius 2 is 1.77 bits per heavy atom. The number of rotatable bonds is 4. The van der Waals surface area contributed by atoms with Gasteiger partial charge in [-0.1, -0.05) is 60.2 Å². The van der Waals surface area contributed by atoms with Gasteiger partial charge in [-0.15, -0.1) is 0 Å². The zero-order valence-corrected chi connectivity index (χ0v) is 17.7. The van der Waals surface area contributed by atoms with Gasteiger partial charge in [0.25, 0.3) is 5.91 Å². The van der Waals surface area contributed by atoms with E-state index in [9.17, 15) is 9.59 Å². The lowest BCUT2D eigenvalue weighted by atomic mass is 10.1. The fourth-order valence-electron chi connectivity index (χ4n) is 4.43. The fraction of sp³-hybridized carbons (Fsp3) is 0.292. The lowest BCUT2D eigenvalue weighted by molar-refractivity contribution is -0.136. The van der Waals surface area contributed by atoms with Gasteiger partial charge in [-0.2, -0.15) is 0 Å². The molecule has 0 aromatic heterocycles. The molecule has 31 heavy (non-hydrogen) atoms. The molecule has 3 amide bonds. The summed E-state index contributed by atoms with van der Waals surface area (Å²) in [5.41, 5.74) is 3.28. The Bertz CT molecular complexity index is 1060. The van der Waals surface area contributed by atoms with Gasteiger partial charge in [-0.3, -0.25) is 9.69 Å². The molecular weight excluding hydrogens is 390 g/mol. The van der Waals surface area contributed by atoms with Crippen molar-refractivity contribution in [2.45, 2.75) is 19.1 Å². The van der Waals surface area contributed by atoms with Gasteiger partial charge in [0.05, 0.1) is 0 Å². The van der Waals surface area contributed by atoms with Crippen molar-refractivity contribution in [3.05, 3.63) is 71.8 Å². The van der Waals surface area contributed by atoms with Crippen molar-refractivity contribution in [1.82, 2.24) is 14.7 Å². The lowest BCUT2D eigenvalue weighted by Gasteiger charge is -2.40. The highest BCUT2D eigenvalue weighted by Gasteiger charge is 2.54. The van der Waals surface area contributed by atoms with E-state index < -0.39 is 12.2 Å². The normalized spacial score (nSPS) is 23.0. The molecule has 0 radical (unpaired) electrons. The number of guanidine groups is 1. The molecule has 2 saturated heterocycles. The number of carbonyl (C=O) groups excluding carboxylic acids is 2. The van der Waals surface area contributed by atoms with Gasteiger partial charge >= 0.3 is 6.03 Å². The van der Waals surface area contributed by atoms with Crippen LogP contribution < -0.4 is 4.90 Å². The first-order valence-electron chi connectivity index (χ1n) is 10.5. The highest BCUT2D eigenvalue weighted by Crippen LogP contribution is 2.33. The summed E-state index contributed by atoms with van der Waals surface area (Å²) in [5, 5.41) is 0. The summed E-state index contributed by atoms with van der Waals surface area (Å²) < 4.78 is 0. The Kier molecular flexibility index (Phi) is 4.73. The van der Waals surface area contributed by atoms with Crippen molar-refractivity contribution in [2.24, 2.45) is 4.99 Å². The molecule has 2 fully saturated rings. The highest BCUT2D eigenvalue weighted by molar-refractivity contribution is 6.08. The third-order valence-corrected chi connectivity index (χ3v) is 6.12. The molecule has 3 aliphatic rings. The van der Waals surface area contributed by atoms with Crippen LogP contribution in [0, 0.1) is 6.92 Å². The molecule has 3 heterocycles. The number of aliphatic imine (C=N–C) groups is 1. The van der Waals surface area contributed by atoms with E-state index in [4.69, 9.17) is 4.99 Å². The van der Waals surface area contributed by atoms with Crippen LogP contribution in [0.15, 0.2) is 65.7 Å². The average molecular weight is 415 g/mol. The van der Waals surface area contributed by atoms with Crippen molar-refractivity contribution in [3.8, 4) is 0 Å². The zero-order valence-electron chi connectivity index (χ0n) is 17.7. The Balaban J connectivity index is 1.37. The zero-order chi connectivity index (χ0) is 21.5. The van der Waals surface area contributed by atoms with Crippen LogP contribution >= 0.6 is 0 Å². The quantitative estimate of drug-likeness (QED) is 0.771. The van der Waals surface area contributed by atoms with Crippen LogP contribution in [0.5, 0.6) is 0 Å². The molecule has 158 valence electrons. The number of hydrogen-bond donors (Lipinski definition) is 0. The van der Waals surface area contributed by atoms with Crippen LogP contribution in [0.25, 0.3) is 6.08 Å². The van der Waals surface area contributed by atoms with Gasteiger partial charge in [-0.25, -0.2) is 9.79 Å². The number of urea groups is 1. The number of hydrogen-bond acceptors (Lipinski definition) is 5. The number of carbonyl (C=O) groups is 2. The van der Waals surface area contributed by atoms with Crippen LogP contribution in [0.2, 0.25) is 0 Å². The minimum Gasteiger partial charge on any atom is -0.325 e. The minimum absolute atomic E-state index is 0.185. The molecule has 2 aromatic rings. The first kappa shape index (κ1) is 19.4. The van der Waals surface area contributed by atoms with Crippen LogP contribution in [0.1, 0.15) is 11.1 Å². The van der Waals surface area contributed by atoms with Gasteiger partial charge < -0.3 is 14.7 Å². The number of benzene rings is 2. The molecule has 3 aliphatic heterocycles. The molecule has 2 unspecified atom stereocenters. The fourth-order valence-corrected chi connectivity index (χ4v) is 4.43. The molecule has 2 atom stereocenters. The van der Waals surface area contributed by atoms with E-state index in [1.54, 1.807) is 11.9 Å². The second-order valence-electron chi connectivity index (χ2n) is 8.12. The predicted octanol–water partition coefficient (Wildman–Crippen LogP) is 2.79. The van der Waals surface area contributed by atoms with Gasteiger partial charge in [-0.05, 0) is 24.6 Å². The molecule has 0 spiro atoms. The number of amides is 3. The van der Waals surface area contributed by atoms with Crippen molar-refractivity contribution in [3.63, 3.8) is 0 Å². The number of likely N-dealkylation sites (N-methyl/N-ethyl adjacent to an activating group) is 1. The SMILES string of the molecule is Cc1ccc(N2CCN3C2=NC2C3C(=O)N(C/C=C/c3ccccc3)C(=O)N2C)cc1. The Labute approximate surface area is 181 Å². The van der Waals surface area contributed by atoms with Crippen LogP contribution in [-0.2, 0) is 4.79 Å². The Morgan fingerprint density at radius 1 is 1.03 bits per heavy atom. The number of anilines is 1. The minimum atomic E-state index is -0.488. The van der Waals surface area contributed by atoms with Crippen LogP contribution in [0.3, 0.4) is 0 Å². The van der Waals surface area contributed by atoms with Gasteiger partial charge in [0, 0.05) is 32.4 Å². The van der Waals surface area contributed by atoms with E-state index in [2.05, 4.69) is 36.1 Å². The van der Waals surface area contributed by atoms with E-state index in [1.807, 2.05) is 47.4 Å².